The Morgan fingerprint density at radius 1 is 1.11 bits per heavy atom. The summed E-state index contributed by atoms with van der Waals surface area (Å²) in [5.74, 6) is 0.250. The molecule has 0 aliphatic carbocycles. The SMILES string of the molecule is O=C(Nc1cc(C(=O)N2CCOc3ccccc32)ccc1Cl)c1cccs1. The summed E-state index contributed by atoms with van der Waals surface area (Å²) in [4.78, 5) is 27.6. The molecule has 2 aromatic carbocycles. The molecule has 7 heteroatoms. The van der Waals surface area contributed by atoms with Crippen LogP contribution in [0.25, 0.3) is 0 Å². The number of fused-ring (bicyclic) bond motifs is 1. The van der Waals surface area contributed by atoms with Gasteiger partial charge in [0.05, 0.1) is 27.8 Å². The van der Waals surface area contributed by atoms with E-state index in [9.17, 15) is 9.59 Å². The Hall–Kier alpha value is -2.83. The van der Waals surface area contributed by atoms with Crippen LogP contribution in [-0.2, 0) is 0 Å². The van der Waals surface area contributed by atoms with E-state index in [4.69, 9.17) is 16.3 Å². The summed E-state index contributed by atoms with van der Waals surface area (Å²) < 4.78 is 5.61. The first-order valence-corrected chi connectivity index (χ1v) is 9.57. The predicted octanol–water partition coefficient (Wildman–Crippen LogP) is 4.69. The summed E-state index contributed by atoms with van der Waals surface area (Å²) in [5.41, 5.74) is 1.58. The van der Waals surface area contributed by atoms with Gasteiger partial charge < -0.3 is 15.0 Å². The van der Waals surface area contributed by atoms with Gasteiger partial charge in [0.25, 0.3) is 11.8 Å². The van der Waals surface area contributed by atoms with Gasteiger partial charge in [-0.15, -0.1) is 11.3 Å². The Bertz CT molecular complexity index is 1000. The highest BCUT2D eigenvalue weighted by atomic mass is 35.5. The standard InChI is InChI=1S/C20H15ClN2O3S/c21-14-8-7-13(12-15(14)22-19(24)18-6-3-11-27-18)20(25)23-9-10-26-17-5-2-1-4-16(17)23/h1-8,11-12H,9-10H2,(H,22,24). The minimum atomic E-state index is -0.256. The van der Waals surface area contributed by atoms with Gasteiger partial charge in [0.2, 0.25) is 0 Å². The van der Waals surface area contributed by atoms with Gasteiger partial charge >= 0.3 is 0 Å². The molecule has 5 nitrogen and oxygen atoms in total. The van der Waals surface area contributed by atoms with E-state index in [1.807, 2.05) is 29.6 Å². The Morgan fingerprint density at radius 2 is 1.96 bits per heavy atom. The van der Waals surface area contributed by atoms with Gasteiger partial charge in [0.15, 0.2) is 0 Å². The Balaban J connectivity index is 1.61. The van der Waals surface area contributed by atoms with Crippen molar-refractivity contribution >= 4 is 46.1 Å². The number of halogens is 1. The van der Waals surface area contributed by atoms with E-state index in [-0.39, 0.29) is 11.8 Å². The molecule has 0 fully saturated rings. The van der Waals surface area contributed by atoms with E-state index < -0.39 is 0 Å². The second kappa shape index (κ2) is 7.42. The van der Waals surface area contributed by atoms with Crippen molar-refractivity contribution < 1.29 is 14.3 Å². The van der Waals surface area contributed by atoms with Crippen molar-refractivity contribution in [1.29, 1.82) is 0 Å². The molecule has 3 aromatic rings. The van der Waals surface area contributed by atoms with Gasteiger partial charge in [-0.05, 0) is 41.8 Å². The zero-order valence-corrected chi connectivity index (χ0v) is 15.7. The molecule has 0 unspecified atom stereocenters. The molecule has 1 N–H and O–H groups in total. The molecule has 2 amide bonds. The molecule has 0 radical (unpaired) electrons. The molecule has 1 aromatic heterocycles. The first-order valence-electron chi connectivity index (χ1n) is 8.31. The van der Waals surface area contributed by atoms with E-state index in [2.05, 4.69) is 5.32 Å². The fourth-order valence-corrected chi connectivity index (χ4v) is 3.67. The summed E-state index contributed by atoms with van der Waals surface area (Å²) in [6.07, 6.45) is 0. The van der Waals surface area contributed by atoms with Crippen LogP contribution < -0.4 is 15.0 Å². The number of nitrogens with zero attached hydrogens (tertiary/aromatic N) is 1. The average Bonchev–Trinajstić information content (AvgIpc) is 3.24. The second-order valence-corrected chi connectivity index (χ2v) is 7.25. The third-order valence-corrected chi connectivity index (χ3v) is 5.38. The van der Waals surface area contributed by atoms with Gasteiger partial charge in [-0.2, -0.15) is 0 Å². The van der Waals surface area contributed by atoms with Crippen molar-refractivity contribution in [2.45, 2.75) is 0 Å². The van der Waals surface area contributed by atoms with Crippen molar-refractivity contribution in [3.63, 3.8) is 0 Å². The Labute approximate surface area is 165 Å². The van der Waals surface area contributed by atoms with Crippen molar-refractivity contribution in [3.05, 3.63) is 75.4 Å². The number of thiophene rings is 1. The van der Waals surface area contributed by atoms with E-state index >= 15 is 0 Å². The van der Waals surface area contributed by atoms with Crippen LogP contribution in [0.15, 0.2) is 60.0 Å². The number of amides is 2. The van der Waals surface area contributed by atoms with Gasteiger partial charge in [-0.25, -0.2) is 0 Å². The molecular weight excluding hydrogens is 384 g/mol. The molecule has 0 bridgehead atoms. The van der Waals surface area contributed by atoms with Crippen LogP contribution in [-0.4, -0.2) is 25.0 Å². The number of para-hydroxylation sites is 2. The van der Waals surface area contributed by atoms with Gasteiger partial charge in [-0.1, -0.05) is 29.8 Å². The largest absolute Gasteiger partial charge is 0.490 e. The van der Waals surface area contributed by atoms with Crippen LogP contribution in [0.1, 0.15) is 20.0 Å². The highest BCUT2D eigenvalue weighted by molar-refractivity contribution is 7.12. The van der Waals surface area contributed by atoms with E-state index in [1.165, 1.54) is 11.3 Å². The number of carbonyl (C=O) groups is 2. The van der Waals surface area contributed by atoms with Gasteiger partial charge in [0, 0.05) is 5.56 Å². The summed E-state index contributed by atoms with van der Waals surface area (Å²) in [7, 11) is 0. The Kier molecular flexibility index (Phi) is 4.83. The number of rotatable bonds is 3. The minimum Gasteiger partial charge on any atom is -0.490 e. The van der Waals surface area contributed by atoms with Crippen LogP contribution in [0.5, 0.6) is 5.75 Å². The van der Waals surface area contributed by atoms with Crippen molar-refractivity contribution in [2.75, 3.05) is 23.4 Å². The summed E-state index contributed by atoms with van der Waals surface area (Å²) in [6, 6.07) is 15.8. The number of hydrogen-bond donors (Lipinski definition) is 1. The molecule has 1 aliphatic heterocycles. The number of benzene rings is 2. The molecule has 136 valence electrons. The topological polar surface area (TPSA) is 58.6 Å². The summed E-state index contributed by atoms with van der Waals surface area (Å²) >= 11 is 7.55. The maximum atomic E-state index is 13.1. The van der Waals surface area contributed by atoms with E-state index in [1.54, 1.807) is 35.2 Å². The van der Waals surface area contributed by atoms with E-state index in [0.29, 0.717) is 40.1 Å². The predicted molar refractivity (Wildman–Crippen MR) is 107 cm³/mol. The third-order valence-electron chi connectivity index (χ3n) is 4.18. The Morgan fingerprint density at radius 3 is 2.78 bits per heavy atom. The fraction of sp³-hybridized carbons (Fsp3) is 0.100. The lowest BCUT2D eigenvalue weighted by atomic mass is 10.1. The van der Waals surface area contributed by atoms with Crippen LogP contribution >= 0.6 is 22.9 Å². The molecule has 0 saturated carbocycles. The maximum absolute atomic E-state index is 13.1. The molecule has 0 atom stereocenters. The first-order chi connectivity index (χ1) is 13.1. The zero-order valence-electron chi connectivity index (χ0n) is 14.1. The highest BCUT2D eigenvalue weighted by Gasteiger charge is 2.25. The number of nitrogens with one attached hydrogen (secondary N) is 1. The summed E-state index contributed by atoms with van der Waals surface area (Å²) in [5, 5.41) is 4.97. The quantitative estimate of drug-likeness (QED) is 0.696. The number of carbonyl (C=O) groups excluding carboxylic acids is 2. The number of hydrogen-bond acceptors (Lipinski definition) is 4. The molecule has 2 heterocycles. The first kappa shape index (κ1) is 17.6. The zero-order chi connectivity index (χ0) is 18.8. The summed E-state index contributed by atoms with van der Waals surface area (Å²) in [6.45, 7) is 0.883. The molecule has 1 aliphatic rings. The van der Waals surface area contributed by atoms with E-state index in [0.717, 1.165) is 5.69 Å². The normalized spacial score (nSPS) is 12.9. The molecular formula is C20H15ClN2O3S. The van der Waals surface area contributed by atoms with Crippen LogP contribution in [0, 0.1) is 0 Å². The minimum absolute atomic E-state index is 0.172. The number of ether oxygens (including phenoxy) is 1. The number of anilines is 2. The van der Waals surface area contributed by atoms with Gasteiger partial charge in [0.1, 0.15) is 12.4 Å². The van der Waals surface area contributed by atoms with Crippen molar-refractivity contribution in [1.82, 2.24) is 0 Å². The molecule has 27 heavy (non-hydrogen) atoms. The van der Waals surface area contributed by atoms with Gasteiger partial charge in [-0.3, -0.25) is 9.59 Å². The molecule has 4 rings (SSSR count). The lowest BCUT2D eigenvalue weighted by molar-refractivity contribution is 0.0974. The average molecular weight is 399 g/mol. The van der Waals surface area contributed by atoms with Crippen LogP contribution in [0.3, 0.4) is 0 Å². The fourth-order valence-electron chi connectivity index (χ4n) is 2.88. The third kappa shape index (κ3) is 3.54. The second-order valence-electron chi connectivity index (χ2n) is 5.90. The smallest absolute Gasteiger partial charge is 0.265 e. The lowest BCUT2D eigenvalue weighted by Crippen LogP contribution is -2.37. The lowest BCUT2D eigenvalue weighted by Gasteiger charge is -2.29. The highest BCUT2D eigenvalue weighted by Crippen LogP contribution is 2.33. The molecule has 0 spiro atoms. The van der Waals surface area contributed by atoms with Crippen molar-refractivity contribution in [2.24, 2.45) is 0 Å². The van der Waals surface area contributed by atoms with Crippen LogP contribution in [0.4, 0.5) is 11.4 Å². The maximum Gasteiger partial charge on any atom is 0.265 e. The van der Waals surface area contributed by atoms with Crippen LogP contribution in [0.2, 0.25) is 5.02 Å². The molecule has 0 saturated heterocycles. The monoisotopic (exact) mass is 398 g/mol. The van der Waals surface area contributed by atoms with Crippen molar-refractivity contribution in [3.8, 4) is 5.75 Å².